The summed E-state index contributed by atoms with van der Waals surface area (Å²) in [7, 11) is 0. The van der Waals surface area contributed by atoms with E-state index in [4.69, 9.17) is 0 Å². The Morgan fingerprint density at radius 1 is 1.52 bits per heavy atom. The minimum atomic E-state index is -0.281. The van der Waals surface area contributed by atoms with Crippen molar-refractivity contribution in [3.63, 3.8) is 0 Å². The van der Waals surface area contributed by atoms with E-state index >= 15 is 0 Å². The summed E-state index contributed by atoms with van der Waals surface area (Å²) >= 11 is 0. The second-order valence-electron chi connectivity index (χ2n) is 5.35. The van der Waals surface area contributed by atoms with Crippen molar-refractivity contribution < 1.29 is 9.59 Å². The average molecular weight is 291 g/mol. The normalized spacial score (nSPS) is 17.7. The van der Waals surface area contributed by atoms with Crippen LogP contribution in [0.3, 0.4) is 0 Å². The van der Waals surface area contributed by atoms with E-state index in [1.807, 2.05) is 20.8 Å². The molecule has 1 aliphatic rings. The van der Waals surface area contributed by atoms with Gasteiger partial charge >= 0.3 is 0 Å². The summed E-state index contributed by atoms with van der Waals surface area (Å²) in [5.41, 5.74) is 0.937. The van der Waals surface area contributed by atoms with Gasteiger partial charge in [-0.1, -0.05) is 13.8 Å². The minimum absolute atomic E-state index is 0.0437. The molecule has 1 aromatic heterocycles. The standard InChI is InChI=1S/C14H21N5O2/c1-4-15-10-7-17-13(8(2)3)19-12(10)14(21)18-9-5-11(20)16-6-9/h7-9,15H,4-6H2,1-3H3,(H,16,20)(H,18,21). The van der Waals surface area contributed by atoms with Crippen LogP contribution in [0.2, 0.25) is 0 Å². The van der Waals surface area contributed by atoms with Crippen LogP contribution in [0.4, 0.5) is 5.69 Å². The van der Waals surface area contributed by atoms with Crippen LogP contribution in [-0.4, -0.2) is 40.9 Å². The molecular weight excluding hydrogens is 270 g/mol. The summed E-state index contributed by atoms with van der Waals surface area (Å²) in [5, 5.41) is 8.62. The first kappa shape index (κ1) is 15.2. The third kappa shape index (κ3) is 3.68. The molecule has 3 N–H and O–H groups in total. The van der Waals surface area contributed by atoms with Crippen molar-refractivity contribution in [2.75, 3.05) is 18.4 Å². The van der Waals surface area contributed by atoms with Crippen LogP contribution in [0.1, 0.15) is 49.4 Å². The van der Waals surface area contributed by atoms with E-state index in [1.165, 1.54) is 0 Å². The first-order valence-electron chi connectivity index (χ1n) is 7.19. The molecule has 1 atom stereocenters. The number of nitrogens with zero attached hydrogens (tertiary/aromatic N) is 2. The summed E-state index contributed by atoms with van der Waals surface area (Å²) in [5.74, 6) is 0.443. The summed E-state index contributed by atoms with van der Waals surface area (Å²) in [6, 6.07) is -0.183. The van der Waals surface area contributed by atoms with E-state index in [9.17, 15) is 9.59 Å². The zero-order valence-electron chi connectivity index (χ0n) is 12.6. The molecule has 0 bridgehead atoms. The largest absolute Gasteiger partial charge is 0.382 e. The Balaban J connectivity index is 2.20. The molecule has 0 aromatic carbocycles. The second-order valence-corrected chi connectivity index (χ2v) is 5.35. The molecule has 7 heteroatoms. The molecule has 1 unspecified atom stereocenters. The van der Waals surface area contributed by atoms with Crippen molar-refractivity contribution in [2.45, 2.75) is 39.2 Å². The van der Waals surface area contributed by atoms with Gasteiger partial charge < -0.3 is 16.0 Å². The lowest BCUT2D eigenvalue weighted by Gasteiger charge is -2.14. The SMILES string of the molecule is CCNc1cnc(C(C)C)nc1C(=O)NC1CNC(=O)C1. The van der Waals surface area contributed by atoms with E-state index in [2.05, 4.69) is 25.9 Å². The van der Waals surface area contributed by atoms with Crippen LogP contribution in [-0.2, 0) is 4.79 Å². The summed E-state index contributed by atoms with van der Waals surface area (Å²) < 4.78 is 0. The number of anilines is 1. The lowest BCUT2D eigenvalue weighted by Crippen LogP contribution is -2.37. The highest BCUT2D eigenvalue weighted by Gasteiger charge is 2.25. The van der Waals surface area contributed by atoms with Gasteiger partial charge in [-0.15, -0.1) is 0 Å². The number of nitrogens with one attached hydrogen (secondary N) is 3. The van der Waals surface area contributed by atoms with Crippen molar-refractivity contribution in [2.24, 2.45) is 0 Å². The molecule has 2 amide bonds. The molecular formula is C14H21N5O2. The number of amides is 2. The lowest BCUT2D eigenvalue weighted by atomic mass is 10.2. The van der Waals surface area contributed by atoms with Crippen LogP contribution in [0.5, 0.6) is 0 Å². The summed E-state index contributed by atoms with van der Waals surface area (Å²) in [6.45, 7) is 7.03. The number of aromatic nitrogens is 2. The average Bonchev–Trinajstić information content (AvgIpc) is 2.84. The fourth-order valence-corrected chi connectivity index (χ4v) is 2.13. The van der Waals surface area contributed by atoms with Crippen LogP contribution in [0, 0.1) is 0 Å². The maximum atomic E-state index is 12.4. The van der Waals surface area contributed by atoms with Crippen LogP contribution in [0.25, 0.3) is 0 Å². The van der Waals surface area contributed by atoms with E-state index in [0.29, 0.717) is 36.7 Å². The Labute approximate surface area is 123 Å². The molecule has 2 rings (SSSR count). The van der Waals surface area contributed by atoms with Crippen LogP contribution < -0.4 is 16.0 Å². The first-order chi connectivity index (χ1) is 10.0. The lowest BCUT2D eigenvalue weighted by molar-refractivity contribution is -0.119. The topological polar surface area (TPSA) is 96.0 Å². The van der Waals surface area contributed by atoms with E-state index < -0.39 is 0 Å². The van der Waals surface area contributed by atoms with Crippen molar-refractivity contribution in [3.8, 4) is 0 Å². The predicted octanol–water partition coefficient (Wildman–Crippen LogP) is 0.650. The molecule has 21 heavy (non-hydrogen) atoms. The maximum Gasteiger partial charge on any atom is 0.272 e. The Hall–Kier alpha value is -2.18. The molecule has 7 nitrogen and oxygen atoms in total. The molecule has 114 valence electrons. The zero-order valence-corrected chi connectivity index (χ0v) is 12.6. The highest BCUT2D eigenvalue weighted by Crippen LogP contribution is 2.16. The van der Waals surface area contributed by atoms with Gasteiger partial charge in [-0.3, -0.25) is 9.59 Å². The third-order valence-electron chi connectivity index (χ3n) is 3.22. The molecule has 0 radical (unpaired) electrons. The highest BCUT2D eigenvalue weighted by molar-refractivity contribution is 5.98. The van der Waals surface area contributed by atoms with Crippen molar-refractivity contribution in [1.82, 2.24) is 20.6 Å². The van der Waals surface area contributed by atoms with Crippen LogP contribution in [0.15, 0.2) is 6.20 Å². The second kappa shape index (κ2) is 6.51. The summed E-state index contributed by atoms with van der Waals surface area (Å²) in [4.78, 5) is 32.2. The smallest absolute Gasteiger partial charge is 0.272 e. The van der Waals surface area contributed by atoms with Gasteiger partial charge in [-0.25, -0.2) is 9.97 Å². The zero-order chi connectivity index (χ0) is 15.4. The van der Waals surface area contributed by atoms with Gasteiger partial charge in [0.05, 0.1) is 17.9 Å². The van der Waals surface area contributed by atoms with Gasteiger partial charge in [0.15, 0.2) is 5.69 Å². The van der Waals surface area contributed by atoms with Crippen molar-refractivity contribution in [1.29, 1.82) is 0 Å². The summed E-state index contributed by atoms with van der Waals surface area (Å²) in [6.07, 6.45) is 1.95. The molecule has 1 aliphatic heterocycles. The Bertz CT molecular complexity index is 544. The molecule has 2 heterocycles. The number of carbonyl (C=O) groups is 2. The van der Waals surface area contributed by atoms with Gasteiger partial charge in [0, 0.05) is 25.4 Å². The predicted molar refractivity (Wildman–Crippen MR) is 79.2 cm³/mol. The number of rotatable bonds is 5. The van der Waals surface area contributed by atoms with Gasteiger partial charge in [-0.2, -0.15) is 0 Å². The Morgan fingerprint density at radius 2 is 2.29 bits per heavy atom. The van der Waals surface area contributed by atoms with E-state index in [-0.39, 0.29) is 23.8 Å². The quantitative estimate of drug-likeness (QED) is 0.740. The van der Waals surface area contributed by atoms with Crippen LogP contribution >= 0.6 is 0 Å². The van der Waals surface area contributed by atoms with E-state index in [0.717, 1.165) is 0 Å². The van der Waals surface area contributed by atoms with Crippen molar-refractivity contribution >= 4 is 17.5 Å². The van der Waals surface area contributed by atoms with Gasteiger partial charge in [-0.05, 0) is 6.92 Å². The Morgan fingerprint density at radius 3 is 2.86 bits per heavy atom. The van der Waals surface area contributed by atoms with Gasteiger partial charge in [0.2, 0.25) is 5.91 Å². The molecule has 0 aliphatic carbocycles. The molecule has 1 aromatic rings. The maximum absolute atomic E-state index is 12.4. The molecule has 1 fully saturated rings. The monoisotopic (exact) mass is 291 g/mol. The molecule has 0 saturated carbocycles. The third-order valence-corrected chi connectivity index (χ3v) is 3.22. The molecule has 1 saturated heterocycles. The number of hydrogen-bond donors (Lipinski definition) is 3. The fraction of sp³-hybridized carbons (Fsp3) is 0.571. The van der Waals surface area contributed by atoms with Gasteiger partial charge in [0.25, 0.3) is 5.91 Å². The first-order valence-corrected chi connectivity index (χ1v) is 7.19. The fourth-order valence-electron chi connectivity index (χ4n) is 2.13. The minimum Gasteiger partial charge on any atom is -0.382 e. The van der Waals surface area contributed by atoms with Gasteiger partial charge in [0.1, 0.15) is 5.82 Å². The highest BCUT2D eigenvalue weighted by atomic mass is 16.2. The van der Waals surface area contributed by atoms with E-state index in [1.54, 1.807) is 6.20 Å². The van der Waals surface area contributed by atoms with Crippen molar-refractivity contribution in [3.05, 3.63) is 17.7 Å². The number of hydrogen-bond acceptors (Lipinski definition) is 5. The number of carbonyl (C=O) groups excluding carboxylic acids is 2. The Kier molecular flexibility index (Phi) is 4.72. The molecule has 0 spiro atoms.